The molecule has 1 aliphatic carbocycles. The van der Waals surface area contributed by atoms with E-state index in [2.05, 4.69) is 10.6 Å². The summed E-state index contributed by atoms with van der Waals surface area (Å²) in [7, 11) is 1.48. The highest BCUT2D eigenvalue weighted by Crippen LogP contribution is 2.38. The van der Waals surface area contributed by atoms with Crippen LogP contribution in [0.4, 0.5) is 0 Å². The number of nitrogens with one attached hydrogen (secondary N) is 2. The van der Waals surface area contributed by atoms with E-state index in [9.17, 15) is 14.4 Å². The number of hydrogen-bond donors (Lipinski definition) is 3. The first-order chi connectivity index (χ1) is 8.49. The second-order valence-electron chi connectivity index (χ2n) is 4.69. The number of carbonyl (C=O) groups is 3. The van der Waals surface area contributed by atoms with Crippen molar-refractivity contribution in [3.8, 4) is 0 Å². The van der Waals surface area contributed by atoms with Crippen LogP contribution in [0.2, 0.25) is 0 Å². The van der Waals surface area contributed by atoms with E-state index in [4.69, 9.17) is 5.11 Å². The molecule has 102 valence electrons. The molecular weight excluding hydrogens is 236 g/mol. The van der Waals surface area contributed by atoms with Gasteiger partial charge in [0, 0.05) is 7.05 Å². The quantitative estimate of drug-likeness (QED) is 0.644. The van der Waals surface area contributed by atoms with Crippen LogP contribution in [0.5, 0.6) is 0 Å². The Morgan fingerprint density at radius 1 is 1.22 bits per heavy atom. The zero-order chi connectivity index (χ0) is 13.7. The lowest BCUT2D eigenvalue weighted by Gasteiger charge is -2.15. The van der Waals surface area contributed by atoms with Crippen molar-refractivity contribution in [1.82, 2.24) is 10.6 Å². The standard InChI is InChI=1S/C12H20N2O4/c1-3-7-4-8(9(5-7)12(17)18)11(16)14-6-10(15)13-2/h7-9H,3-6H2,1-2H3,(H,13,15)(H,14,16)(H,17,18). The highest BCUT2D eigenvalue weighted by Gasteiger charge is 2.41. The molecule has 3 atom stereocenters. The monoisotopic (exact) mass is 256 g/mol. The number of carboxylic acids is 1. The van der Waals surface area contributed by atoms with Gasteiger partial charge in [0.25, 0.3) is 0 Å². The van der Waals surface area contributed by atoms with Gasteiger partial charge in [-0.1, -0.05) is 13.3 Å². The molecule has 0 aliphatic heterocycles. The number of aliphatic carboxylic acids is 1. The summed E-state index contributed by atoms with van der Waals surface area (Å²) >= 11 is 0. The van der Waals surface area contributed by atoms with Crippen LogP contribution >= 0.6 is 0 Å². The maximum atomic E-state index is 11.9. The molecule has 0 saturated heterocycles. The lowest BCUT2D eigenvalue weighted by molar-refractivity contribution is -0.146. The molecule has 0 aromatic carbocycles. The summed E-state index contributed by atoms with van der Waals surface area (Å²) in [6.45, 7) is 1.89. The van der Waals surface area contributed by atoms with Crippen LogP contribution in [0.1, 0.15) is 26.2 Å². The fourth-order valence-corrected chi connectivity index (χ4v) is 2.43. The topological polar surface area (TPSA) is 95.5 Å². The highest BCUT2D eigenvalue weighted by atomic mass is 16.4. The normalized spacial score (nSPS) is 26.7. The van der Waals surface area contributed by atoms with E-state index in [0.29, 0.717) is 12.8 Å². The minimum Gasteiger partial charge on any atom is -0.481 e. The van der Waals surface area contributed by atoms with Crippen LogP contribution in [0.15, 0.2) is 0 Å². The number of carbonyl (C=O) groups excluding carboxylic acids is 2. The first-order valence-electron chi connectivity index (χ1n) is 6.20. The molecule has 6 nitrogen and oxygen atoms in total. The molecule has 6 heteroatoms. The number of hydrogen-bond acceptors (Lipinski definition) is 3. The van der Waals surface area contributed by atoms with Crippen molar-refractivity contribution in [3.05, 3.63) is 0 Å². The van der Waals surface area contributed by atoms with Gasteiger partial charge in [-0.05, 0) is 18.8 Å². The average Bonchev–Trinajstić information content (AvgIpc) is 2.79. The van der Waals surface area contributed by atoms with Gasteiger partial charge in [0.15, 0.2) is 0 Å². The van der Waals surface area contributed by atoms with Crippen molar-refractivity contribution in [1.29, 1.82) is 0 Å². The zero-order valence-corrected chi connectivity index (χ0v) is 10.7. The van der Waals surface area contributed by atoms with E-state index in [1.807, 2.05) is 6.92 Å². The van der Waals surface area contributed by atoms with Crippen LogP contribution in [0.25, 0.3) is 0 Å². The molecule has 1 saturated carbocycles. The van der Waals surface area contributed by atoms with Crippen LogP contribution in [0.3, 0.4) is 0 Å². The Bertz CT molecular complexity index is 343. The van der Waals surface area contributed by atoms with Gasteiger partial charge in [-0.15, -0.1) is 0 Å². The fourth-order valence-electron chi connectivity index (χ4n) is 2.43. The SMILES string of the molecule is CCC1CC(C(=O)O)C(C(=O)NCC(=O)NC)C1. The van der Waals surface area contributed by atoms with E-state index < -0.39 is 17.8 Å². The van der Waals surface area contributed by atoms with Gasteiger partial charge < -0.3 is 15.7 Å². The van der Waals surface area contributed by atoms with Gasteiger partial charge in [-0.25, -0.2) is 0 Å². The van der Waals surface area contributed by atoms with E-state index in [0.717, 1.165) is 6.42 Å². The third-order valence-corrected chi connectivity index (χ3v) is 3.59. The Morgan fingerprint density at radius 2 is 1.83 bits per heavy atom. The van der Waals surface area contributed by atoms with Gasteiger partial charge in [0.1, 0.15) is 0 Å². The van der Waals surface area contributed by atoms with E-state index >= 15 is 0 Å². The summed E-state index contributed by atoms with van der Waals surface area (Å²) in [6, 6.07) is 0. The van der Waals surface area contributed by atoms with Crippen molar-refractivity contribution in [2.45, 2.75) is 26.2 Å². The minimum atomic E-state index is -0.925. The lowest BCUT2D eigenvalue weighted by atomic mass is 9.95. The third kappa shape index (κ3) is 3.45. The first kappa shape index (κ1) is 14.5. The first-order valence-corrected chi connectivity index (χ1v) is 6.20. The molecule has 1 fully saturated rings. The zero-order valence-electron chi connectivity index (χ0n) is 10.7. The van der Waals surface area contributed by atoms with Crippen molar-refractivity contribution in [3.63, 3.8) is 0 Å². The fraction of sp³-hybridized carbons (Fsp3) is 0.750. The van der Waals surface area contributed by atoms with Crippen LogP contribution < -0.4 is 10.6 Å². The Morgan fingerprint density at radius 3 is 2.33 bits per heavy atom. The molecule has 0 spiro atoms. The molecule has 3 N–H and O–H groups in total. The Balaban J connectivity index is 2.59. The molecule has 0 aromatic heterocycles. The second-order valence-corrected chi connectivity index (χ2v) is 4.69. The molecule has 0 heterocycles. The summed E-state index contributed by atoms with van der Waals surface area (Å²) < 4.78 is 0. The molecule has 2 amide bonds. The average molecular weight is 256 g/mol. The Kier molecular flexibility index (Phi) is 5.12. The predicted octanol–water partition coefficient (Wildman–Crippen LogP) is -0.0144. The van der Waals surface area contributed by atoms with Gasteiger partial charge in [-0.3, -0.25) is 14.4 Å². The van der Waals surface area contributed by atoms with E-state index in [1.165, 1.54) is 7.05 Å². The van der Waals surface area contributed by atoms with Gasteiger partial charge in [0.2, 0.25) is 11.8 Å². The highest BCUT2D eigenvalue weighted by molar-refractivity contribution is 5.88. The molecular formula is C12H20N2O4. The van der Waals surface area contributed by atoms with Crippen LogP contribution in [-0.2, 0) is 14.4 Å². The number of rotatable bonds is 5. The largest absolute Gasteiger partial charge is 0.481 e. The molecule has 0 bridgehead atoms. The molecule has 0 radical (unpaired) electrons. The summed E-state index contributed by atoms with van der Waals surface area (Å²) in [5.74, 6) is -2.41. The summed E-state index contributed by atoms with van der Waals surface area (Å²) in [5, 5.41) is 14.0. The van der Waals surface area contributed by atoms with Crippen molar-refractivity contribution in [2.24, 2.45) is 17.8 Å². The lowest BCUT2D eigenvalue weighted by Crippen LogP contribution is -2.40. The van der Waals surface area contributed by atoms with Crippen molar-refractivity contribution >= 4 is 17.8 Å². The third-order valence-electron chi connectivity index (χ3n) is 3.59. The molecule has 1 aliphatic rings. The Labute approximate surface area is 106 Å². The van der Waals surface area contributed by atoms with Crippen molar-refractivity contribution in [2.75, 3.05) is 13.6 Å². The van der Waals surface area contributed by atoms with E-state index in [1.54, 1.807) is 0 Å². The smallest absolute Gasteiger partial charge is 0.307 e. The predicted molar refractivity (Wildman–Crippen MR) is 64.7 cm³/mol. The summed E-state index contributed by atoms with van der Waals surface area (Å²) in [5.41, 5.74) is 0. The number of amides is 2. The molecule has 3 unspecified atom stereocenters. The Hall–Kier alpha value is -1.59. The van der Waals surface area contributed by atoms with E-state index in [-0.39, 0.29) is 24.3 Å². The minimum absolute atomic E-state index is 0.102. The summed E-state index contributed by atoms with van der Waals surface area (Å²) in [4.78, 5) is 34.0. The second kappa shape index (κ2) is 6.37. The summed E-state index contributed by atoms with van der Waals surface area (Å²) in [6.07, 6.45) is 2.01. The number of carboxylic acid groups (broad SMARTS) is 1. The molecule has 1 rings (SSSR count). The van der Waals surface area contributed by atoms with Gasteiger partial charge in [0.05, 0.1) is 18.4 Å². The number of likely N-dealkylation sites (N-methyl/N-ethyl adjacent to an activating group) is 1. The van der Waals surface area contributed by atoms with Gasteiger partial charge in [-0.2, -0.15) is 0 Å². The molecule has 0 aromatic rings. The molecule has 18 heavy (non-hydrogen) atoms. The van der Waals surface area contributed by atoms with Crippen LogP contribution in [0, 0.1) is 17.8 Å². The maximum Gasteiger partial charge on any atom is 0.307 e. The maximum absolute atomic E-state index is 11.9. The van der Waals surface area contributed by atoms with Crippen LogP contribution in [-0.4, -0.2) is 36.5 Å². The van der Waals surface area contributed by atoms with Gasteiger partial charge >= 0.3 is 5.97 Å². The van der Waals surface area contributed by atoms with Crippen molar-refractivity contribution < 1.29 is 19.5 Å².